The summed E-state index contributed by atoms with van der Waals surface area (Å²) in [4.78, 5) is 47.2. The molecule has 1 aromatic rings. The first kappa shape index (κ1) is 27.0. The van der Waals surface area contributed by atoms with Gasteiger partial charge in [0.1, 0.15) is 28.6 Å². The molecule has 0 bridgehead atoms. The maximum atomic E-state index is 12.8. The van der Waals surface area contributed by atoms with Crippen molar-refractivity contribution in [2.75, 3.05) is 25.2 Å². The maximum Gasteiger partial charge on any atom is 1.00 e. The number of carboxylic acid groups (broad SMARTS) is 1. The topological polar surface area (TPSA) is 170 Å². The summed E-state index contributed by atoms with van der Waals surface area (Å²) < 4.78 is 0.122. The second kappa shape index (κ2) is 11.7. The van der Waals surface area contributed by atoms with Crippen LogP contribution in [0.1, 0.15) is 5.69 Å². The van der Waals surface area contributed by atoms with Gasteiger partial charge in [-0.05, 0) is 5.41 Å². The normalized spacial score (nSPS) is 20.5. The molecule has 0 radical (unpaired) electrons. The number of aliphatic carboxylic acids is 1. The number of thiazole rings is 1. The molecule has 1 aromatic heterocycles. The number of thioether (sulfide) groups is 2. The van der Waals surface area contributed by atoms with Crippen molar-refractivity contribution in [1.29, 1.82) is 0 Å². The molecule has 3 heterocycles. The first-order valence-corrected chi connectivity index (χ1v) is 11.6. The Kier molecular flexibility index (Phi) is 9.90. The summed E-state index contributed by atoms with van der Waals surface area (Å²) in [5.41, 5.74) is 5.09. The molecule has 3 rings (SSSR count). The fourth-order valence-electron chi connectivity index (χ4n) is 2.80. The number of oxime groups is 1. The van der Waals surface area contributed by atoms with Gasteiger partial charge < -0.3 is 30.9 Å². The molecule has 1 saturated heterocycles. The SMILES string of the molecule is CO/N=C(\C(=O)NC1C(=O)N2C(C(=O)[O-])=C(S/C=C\CO)CS[C@H]12)c1nc(N)sc1Cl.[Na+]. The zero-order valence-corrected chi connectivity index (χ0v) is 21.9. The van der Waals surface area contributed by atoms with Gasteiger partial charge in [-0.15, -0.1) is 11.8 Å². The van der Waals surface area contributed by atoms with E-state index >= 15 is 0 Å². The van der Waals surface area contributed by atoms with Gasteiger partial charge in [0.25, 0.3) is 11.8 Å². The van der Waals surface area contributed by atoms with Crippen molar-refractivity contribution in [3.8, 4) is 0 Å². The number of carbonyl (C=O) groups excluding carboxylic acids is 3. The fourth-order valence-corrected chi connectivity index (χ4v) is 6.04. The van der Waals surface area contributed by atoms with Crippen molar-refractivity contribution in [2.45, 2.75) is 11.4 Å². The number of aromatic nitrogens is 1. The Bertz CT molecular complexity index is 1020. The predicted molar refractivity (Wildman–Crippen MR) is 116 cm³/mol. The molecule has 166 valence electrons. The van der Waals surface area contributed by atoms with Gasteiger partial charge in [-0.1, -0.05) is 45.9 Å². The Hall–Kier alpha value is -1.26. The van der Waals surface area contributed by atoms with Crippen molar-refractivity contribution in [1.82, 2.24) is 15.2 Å². The van der Waals surface area contributed by atoms with E-state index < -0.39 is 29.2 Å². The van der Waals surface area contributed by atoms with Crippen LogP contribution < -0.4 is 45.7 Å². The van der Waals surface area contributed by atoms with Crippen molar-refractivity contribution in [3.05, 3.63) is 32.1 Å². The number of carbonyl (C=O) groups is 3. The fraction of sp³-hybridized carbons (Fsp3) is 0.312. The summed E-state index contributed by atoms with van der Waals surface area (Å²) in [5, 5.41) is 27.7. The Morgan fingerprint density at radius 1 is 1.56 bits per heavy atom. The molecule has 1 fully saturated rings. The van der Waals surface area contributed by atoms with Crippen LogP contribution in [0.2, 0.25) is 4.34 Å². The van der Waals surface area contributed by atoms with Gasteiger partial charge in [-0.25, -0.2) is 4.98 Å². The smallest absolute Gasteiger partial charge is 0.543 e. The van der Waals surface area contributed by atoms with Crippen LogP contribution in [0.4, 0.5) is 5.13 Å². The van der Waals surface area contributed by atoms with Crippen molar-refractivity contribution < 1.29 is 59.0 Å². The quantitative estimate of drug-likeness (QED) is 0.132. The molecule has 2 amide bonds. The van der Waals surface area contributed by atoms with Crippen molar-refractivity contribution >= 4 is 75.1 Å². The number of anilines is 1. The molecule has 0 saturated carbocycles. The number of nitrogens with zero attached hydrogens (tertiary/aromatic N) is 3. The second-order valence-electron chi connectivity index (χ2n) is 5.89. The van der Waals surface area contributed by atoms with Crippen LogP contribution in [0.25, 0.3) is 0 Å². The first-order valence-electron chi connectivity index (χ1n) is 8.46. The van der Waals surface area contributed by atoms with Crippen LogP contribution in [0.15, 0.2) is 27.2 Å². The van der Waals surface area contributed by atoms with Crippen molar-refractivity contribution in [2.24, 2.45) is 5.16 Å². The maximum absolute atomic E-state index is 12.8. The number of nitrogens with one attached hydrogen (secondary N) is 1. The number of β-lactam (4-membered cyclic amide) rings is 1. The summed E-state index contributed by atoms with van der Waals surface area (Å²) >= 11 is 9.34. The summed E-state index contributed by atoms with van der Waals surface area (Å²) in [5.74, 6) is -2.63. The van der Waals surface area contributed by atoms with Gasteiger partial charge in [0, 0.05) is 10.7 Å². The van der Waals surface area contributed by atoms with Gasteiger partial charge in [0.05, 0.1) is 18.3 Å². The zero-order chi connectivity index (χ0) is 22.7. The molecular formula is C16H15ClN5NaO6S3. The van der Waals surface area contributed by atoms with E-state index in [4.69, 9.17) is 27.3 Å². The molecule has 4 N–H and O–H groups in total. The number of rotatable bonds is 8. The van der Waals surface area contributed by atoms with E-state index in [-0.39, 0.29) is 68.5 Å². The van der Waals surface area contributed by atoms with E-state index in [9.17, 15) is 19.5 Å². The minimum Gasteiger partial charge on any atom is -0.543 e. The number of aliphatic hydroxyl groups is 1. The number of hydrogen-bond acceptors (Lipinski definition) is 12. The number of carboxylic acids is 1. The summed E-state index contributed by atoms with van der Waals surface area (Å²) in [6, 6.07) is -0.997. The molecule has 32 heavy (non-hydrogen) atoms. The molecule has 16 heteroatoms. The van der Waals surface area contributed by atoms with Crippen LogP contribution in [0, 0.1) is 0 Å². The van der Waals surface area contributed by atoms with E-state index in [2.05, 4.69) is 15.5 Å². The minimum atomic E-state index is -1.50. The Morgan fingerprint density at radius 3 is 2.84 bits per heavy atom. The average Bonchev–Trinajstić information content (AvgIpc) is 3.06. The summed E-state index contributed by atoms with van der Waals surface area (Å²) in [7, 11) is 1.23. The standard InChI is InChI=1S/C16H16ClN5O6S3.Na/c1-28-21-8(7-11(17)31-16(18)20-7)12(24)19-9-13(25)22-10(15(26)27)6(5-30-14(9)22)29-4-2-3-23;/h2,4,9,14,23H,3,5H2,1H3,(H2,18,20)(H,19,24)(H,26,27);/q;+1/p-1/b4-2-,21-8-;/t9?,14-;/m1./s1. The van der Waals surface area contributed by atoms with Crippen LogP contribution >= 0.6 is 46.5 Å². The van der Waals surface area contributed by atoms with E-state index in [0.29, 0.717) is 4.91 Å². The molecule has 2 atom stereocenters. The molecular weight excluding hydrogens is 513 g/mol. The van der Waals surface area contributed by atoms with E-state index in [1.54, 1.807) is 0 Å². The van der Waals surface area contributed by atoms with Gasteiger partial charge in [0.2, 0.25) is 0 Å². The molecule has 2 aliphatic rings. The first-order chi connectivity index (χ1) is 14.8. The van der Waals surface area contributed by atoms with Crippen LogP contribution in [0.5, 0.6) is 0 Å². The Balaban J connectivity index is 0.00000363. The largest absolute Gasteiger partial charge is 1.00 e. The third kappa shape index (κ3) is 5.44. The summed E-state index contributed by atoms with van der Waals surface area (Å²) in [6.07, 6.45) is 1.44. The molecule has 0 aromatic carbocycles. The number of halogens is 1. The van der Waals surface area contributed by atoms with E-state index in [0.717, 1.165) is 28.0 Å². The number of amides is 2. The Morgan fingerprint density at radius 2 is 2.28 bits per heavy atom. The number of hydrogen-bond donors (Lipinski definition) is 3. The van der Waals surface area contributed by atoms with E-state index in [1.165, 1.54) is 30.4 Å². The molecule has 0 spiro atoms. The molecule has 11 nitrogen and oxygen atoms in total. The summed E-state index contributed by atoms with van der Waals surface area (Å²) in [6.45, 7) is -0.201. The zero-order valence-electron chi connectivity index (χ0n) is 16.7. The molecule has 0 aliphatic carbocycles. The van der Waals surface area contributed by atoms with Gasteiger partial charge in [0.15, 0.2) is 10.8 Å². The average molecular weight is 528 g/mol. The number of fused-ring (bicyclic) bond motifs is 1. The molecule has 1 unspecified atom stereocenters. The van der Waals surface area contributed by atoms with Gasteiger partial charge in [-0.3, -0.25) is 14.5 Å². The number of nitrogens with two attached hydrogens (primary N) is 1. The molecule has 2 aliphatic heterocycles. The van der Waals surface area contributed by atoms with Gasteiger partial charge >= 0.3 is 29.6 Å². The second-order valence-corrected chi connectivity index (χ2v) is 9.63. The van der Waals surface area contributed by atoms with E-state index in [1.807, 2.05) is 0 Å². The van der Waals surface area contributed by atoms with Crippen LogP contribution in [-0.2, 0) is 19.2 Å². The van der Waals surface area contributed by atoms with Crippen LogP contribution in [0.3, 0.4) is 0 Å². The predicted octanol–water partition coefficient (Wildman–Crippen LogP) is -3.67. The monoisotopic (exact) mass is 527 g/mol. The van der Waals surface area contributed by atoms with Gasteiger partial charge in [-0.2, -0.15) is 0 Å². The van der Waals surface area contributed by atoms with Crippen molar-refractivity contribution in [3.63, 3.8) is 0 Å². The Labute approximate surface area is 221 Å². The number of nitrogen functional groups attached to an aromatic ring is 1. The minimum absolute atomic E-state index is 0. The number of aliphatic hydroxyl groups excluding tert-OH is 1. The van der Waals surface area contributed by atoms with Crippen LogP contribution in [-0.4, -0.2) is 69.4 Å². The third-order valence-electron chi connectivity index (χ3n) is 4.05. The third-order valence-corrected chi connectivity index (χ3v) is 7.55.